The molecule has 0 fully saturated rings. The van der Waals surface area contributed by atoms with E-state index in [2.05, 4.69) is 15.5 Å². The number of aryl methyl sites for hydroxylation is 1. The summed E-state index contributed by atoms with van der Waals surface area (Å²) in [5.41, 5.74) is 2.83. The summed E-state index contributed by atoms with van der Waals surface area (Å²) in [6.45, 7) is 1.79. The number of H-pyrrole nitrogens is 1. The fourth-order valence-corrected chi connectivity index (χ4v) is 1.82. The van der Waals surface area contributed by atoms with Gasteiger partial charge in [0.15, 0.2) is 0 Å². The van der Waals surface area contributed by atoms with Crippen LogP contribution in [0.15, 0.2) is 30.5 Å². The SMILES string of the molecule is Cc1[nH]ncc1C(=O)Nc1ccc(CC(=O)N(C)C)cc1. The Labute approximate surface area is 123 Å². The zero-order chi connectivity index (χ0) is 15.4. The minimum Gasteiger partial charge on any atom is -0.349 e. The van der Waals surface area contributed by atoms with Gasteiger partial charge in [0.05, 0.1) is 18.2 Å². The summed E-state index contributed by atoms with van der Waals surface area (Å²) in [6, 6.07) is 7.23. The monoisotopic (exact) mass is 286 g/mol. The van der Waals surface area contributed by atoms with Crippen molar-refractivity contribution in [2.24, 2.45) is 0 Å². The van der Waals surface area contributed by atoms with Crippen molar-refractivity contribution in [2.45, 2.75) is 13.3 Å². The van der Waals surface area contributed by atoms with Gasteiger partial charge >= 0.3 is 0 Å². The number of nitrogens with zero attached hydrogens (tertiary/aromatic N) is 2. The highest BCUT2D eigenvalue weighted by atomic mass is 16.2. The number of hydrogen-bond donors (Lipinski definition) is 2. The zero-order valence-electron chi connectivity index (χ0n) is 12.3. The van der Waals surface area contributed by atoms with Gasteiger partial charge in [0.2, 0.25) is 5.91 Å². The molecule has 1 aromatic heterocycles. The van der Waals surface area contributed by atoms with E-state index in [1.165, 1.54) is 6.20 Å². The lowest BCUT2D eigenvalue weighted by molar-refractivity contribution is -0.127. The number of anilines is 1. The molecule has 2 amide bonds. The smallest absolute Gasteiger partial charge is 0.259 e. The van der Waals surface area contributed by atoms with Crippen molar-refractivity contribution in [2.75, 3.05) is 19.4 Å². The summed E-state index contributed by atoms with van der Waals surface area (Å²) < 4.78 is 0. The molecule has 0 saturated heterocycles. The van der Waals surface area contributed by atoms with E-state index in [-0.39, 0.29) is 11.8 Å². The average Bonchev–Trinajstić information content (AvgIpc) is 2.87. The van der Waals surface area contributed by atoms with Crippen LogP contribution < -0.4 is 5.32 Å². The Balaban J connectivity index is 2.01. The molecule has 0 atom stereocenters. The third kappa shape index (κ3) is 3.68. The molecule has 0 aliphatic heterocycles. The van der Waals surface area contributed by atoms with Crippen LogP contribution in [0.2, 0.25) is 0 Å². The van der Waals surface area contributed by atoms with Crippen LogP contribution >= 0.6 is 0 Å². The van der Waals surface area contributed by atoms with E-state index in [0.717, 1.165) is 11.3 Å². The van der Waals surface area contributed by atoms with E-state index in [9.17, 15) is 9.59 Å². The molecule has 0 spiro atoms. The van der Waals surface area contributed by atoms with Gasteiger partial charge in [-0.3, -0.25) is 14.7 Å². The summed E-state index contributed by atoms with van der Waals surface area (Å²) >= 11 is 0. The molecule has 0 aliphatic rings. The van der Waals surface area contributed by atoms with Crippen molar-refractivity contribution in [3.63, 3.8) is 0 Å². The molecular formula is C15H18N4O2. The lowest BCUT2D eigenvalue weighted by atomic mass is 10.1. The molecule has 2 aromatic rings. The van der Waals surface area contributed by atoms with Gasteiger partial charge in [-0.2, -0.15) is 5.10 Å². The van der Waals surface area contributed by atoms with Crippen LogP contribution in [0.25, 0.3) is 0 Å². The molecule has 2 N–H and O–H groups in total. The van der Waals surface area contributed by atoms with Crippen LogP contribution in [0, 0.1) is 6.92 Å². The largest absolute Gasteiger partial charge is 0.349 e. The maximum absolute atomic E-state index is 12.0. The summed E-state index contributed by atoms with van der Waals surface area (Å²) in [5, 5.41) is 9.34. The van der Waals surface area contributed by atoms with Gasteiger partial charge in [0, 0.05) is 25.5 Å². The first-order chi connectivity index (χ1) is 9.97. The van der Waals surface area contributed by atoms with Crippen molar-refractivity contribution in [3.05, 3.63) is 47.3 Å². The Hall–Kier alpha value is -2.63. The Morgan fingerprint density at radius 1 is 1.24 bits per heavy atom. The van der Waals surface area contributed by atoms with Crippen molar-refractivity contribution in [3.8, 4) is 0 Å². The summed E-state index contributed by atoms with van der Waals surface area (Å²) in [7, 11) is 3.45. The van der Waals surface area contributed by atoms with Crippen molar-refractivity contribution < 1.29 is 9.59 Å². The molecule has 1 aromatic carbocycles. The lowest BCUT2D eigenvalue weighted by Crippen LogP contribution is -2.23. The van der Waals surface area contributed by atoms with Crippen LogP contribution in [-0.4, -0.2) is 41.0 Å². The second kappa shape index (κ2) is 6.21. The number of carbonyl (C=O) groups excluding carboxylic acids is 2. The number of aromatic amines is 1. The predicted octanol–water partition coefficient (Wildman–Crippen LogP) is 1.60. The highest BCUT2D eigenvalue weighted by Crippen LogP contribution is 2.13. The normalized spacial score (nSPS) is 10.2. The van der Waals surface area contributed by atoms with Crippen molar-refractivity contribution in [1.29, 1.82) is 0 Å². The molecule has 0 saturated carbocycles. The summed E-state index contributed by atoms with van der Waals surface area (Å²) in [6.07, 6.45) is 1.84. The lowest BCUT2D eigenvalue weighted by Gasteiger charge is -2.10. The topological polar surface area (TPSA) is 78.1 Å². The number of aromatic nitrogens is 2. The molecule has 2 rings (SSSR count). The molecule has 1 heterocycles. The van der Waals surface area contributed by atoms with Crippen LogP contribution in [0.1, 0.15) is 21.6 Å². The van der Waals surface area contributed by atoms with E-state index in [4.69, 9.17) is 0 Å². The van der Waals surface area contributed by atoms with Crippen LogP contribution in [-0.2, 0) is 11.2 Å². The second-order valence-corrected chi connectivity index (χ2v) is 5.02. The minimum atomic E-state index is -0.210. The molecule has 0 aliphatic carbocycles. The molecule has 0 bridgehead atoms. The fourth-order valence-electron chi connectivity index (χ4n) is 1.82. The number of hydrogen-bond acceptors (Lipinski definition) is 3. The van der Waals surface area contributed by atoms with E-state index >= 15 is 0 Å². The first-order valence-electron chi connectivity index (χ1n) is 6.58. The minimum absolute atomic E-state index is 0.0424. The molecule has 6 heteroatoms. The van der Waals surface area contributed by atoms with Gasteiger partial charge in [-0.05, 0) is 24.6 Å². The number of likely N-dealkylation sites (N-methyl/N-ethyl adjacent to an activating group) is 1. The summed E-state index contributed by atoms with van der Waals surface area (Å²) in [5.74, 6) is -0.167. The van der Waals surface area contributed by atoms with Gasteiger partial charge in [-0.15, -0.1) is 0 Å². The average molecular weight is 286 g/mol. The molecule has 21 heavy (non-hydrogen) atoms. The molecule has 6 nitrogen and oxygen atoms in total. The van der Waals surface area contributed by atoms with Gasteiger partial charge in [0.1, 0.15) is 0 Å². The van der Waals surface area contributed by atoms with E-state index in [1.807, 2.05) is 12.1 Å². The van der Waals surface area contributed by atoms with Crippen molar-refractivity contribution >= 4 is 17.5 Å². The Morgan fingerprint density at radius 3 is 2.43 bits per heavy atom. The standard InChI is InChI=1S/C15H18N4O2/c1-10-13(9-16-18-10)15(21)17-12-6-4-11(5-7-12)8-14(20)19(2)3/h4-7,9H,8H2,1-3H3,(H,16,18)(H,17,21). The first-order valence-corrected chi connectivity index (χ1v) is 6.58. The Kier molecular flexibility index (Phi) is 4.37. The first kappa shape index (κ1) is 14.8. The number of rotatable bonds is 4. The van der Waals surface area contributed by atoms with E-state index < -0.39 is 0 Å². The molecular weight excluding hydrogens is 268 g/mol. The van der Waals surface area contributed by atoms with Gasteiger partial charge in [0.25, 0.3) is 5.91 Å². The van der Waals surface area contributed by atoms with Gasteiger partial charge in [-0.1, -0.05) is 12.1 Å². The van der Waals surface area contributed by atoms with E-state index in [1.54, 1.807) is 38.1 Å². The highest BCUT2D eigenvalue weighted by Gasteiger charge is 2.11. The van der Waals surface area contributed by atoms with Gasteiger partial charge in [-0.25, -0.2) is 0 Å². The maximum atomic E-state index is 12.0. The van der Waals surface area contributed by atoms with Crippen molar-refractivity contribution in [1.82, 2.24) is 15.1 Å². The van der Waals surface area contributed by atoms with Gasteiger partial charge < -0.3 is 10.2 Å². The zero-order valence-corrected chi connectivity index (χ0v) is 12.3. The fraction of sp³-hybridized carbons (Fsp3) is 0.267. The Morgan fingerprint density at radius 2 is 1.90 bits per heavy atom. The second-order valence-electron chi connectivity index (χ2n) is 5.02. The van der Waals surface area contributed by atoms with Crippen LogP contribution in [0.4, 0.5) is 5.69 Å². The third-order valence-corrected chi connectivity index (χ3v) is 3.14. The number of nitrogens with one attached hydrogen (secondary N) is 2. The predicted molar refractivity (Wildman–Crippen MR) is 80.1 cm³/mol. The van der Waals surface area contributed by atoms with Crippen LogP contribution in [0.3, 0.4) is 0 Å². The maximum Gasteiger partial charge on any atom is 0.259 e. The molecule has 0 unspecified atom stereocenters. The molecule has 110 valence electrons. The number of benzene rings is 1. The van der Waals surface area contributed by atoms with E-state index in [0.29, 0.717) is 17.7 Å². The van der Waals surface area contributed by atoms with Crippen LogP contribution in [0.5, 0.6) is 0 Å². The third-order valence-electron chi connectivity index (χ3n) is 3.14. The highest BCUT2D eigenvalue weighted by molar-refractivity contribution is 6.04. The number of amides is 2. The number of carbonyl (C=O) groups is 2. The molecule has 0 radical (unpaired) electrons. The quantitative estimate of drug-likeness (QED) is 0.896. The summed E-state index contributed by atoms with van der Waals surface area (Å²) in [4.78, 5) is 25.2. The Bertz CT molecular complexity index is 644.